The summed E-state index contributed by atoms with van der Waals surface area (Å²) in [5, 5.41) is 2.80. The Morgan fingerprint density at radius 3 is 3.06 bits per heavy atom. The molecule has 0 saturated carbocycles. The maximum atomic E-state index is 11.5. The molecule has 1 aromatic heterocycles. The van der Waals surface area contributed by atoms with Gasteiger partial charge in [0.1, 0.15) is 5.69 Å². The van der Waals surface area contributed by atoms with Crippen molar-refractivity contribution in [3.8, 4) is 0 Å². The third kappa shape index (κ3) is 1.57. The van der Waals surface area contributed by atoms with E-state index in [0.717, 1.165) is 0 Å². The van der Waals surface area contributed by atoms with E-state index >= 15 is 0 Å². The maximum absolute atomic E-state index is 11.5. The number of aromatic nitrogens is 2. The quantitative estimate of drug-likeness (QED) is 0.566. The smallest absolute Gasteiger partial charge is 0.317 e. The minimum absolute atomic E-state index is 0.0218. The summed E-state index contributed by atoms with van der Waals surface area (Å²) in [5.41, 5.74) is 5.53. The summed E-state index contributed by atoms with van der Waals surface area (Å²) in [5.74, 6) is 0.498. The van der Waals surface area contributed by atoms with Crippen molar-refractivity contribution in [3.63, 3.8) is 0 Å². The number of anilines is 2. The first-order valence-electron chi connectivity index (χ1n) is 5.79. The van der Waals surface area contributed by atoms with Crippen molar-refractivity contribution >= 4 is 17.5 Å². The molecule has 1 unspecified atom stereocenters. The Balaban J connectivity index is 1.85. The van der Waals surface area contributed by atoms with E-state index in [4.69, 9.17) is 5.73 Å². The molecule has 8 nitrogen and oxygen atoms in total. The highest BCUT2D eigenvalue weighted by Crippen LogP contribution is 2.21. The first-order chi connectivity index (χ1) is 8.66. The Morgan fingerprint density at radius 1 is 1.39 bits per heavy atom. The van der Waals surface area contributed by atoms with Gasteiger partial charge in [0.15, 0.2) is 5.82 Å². The topological polar surface area (TPSA) is 107 Å². The molecular weight excluding hydrogens is 236 g/mol. The first-order valence-corrected chi connectivity index (χ1v) is 5.79. The highest BCUT2D eigenvalue weighted by atomic mass is 16.2. The molecule has 0 aliphatic carbocycles. The molecule has 2 aliphatic heterocycles. The molecule has 2 aliphatic rings. The van der Waals surface area contributed by atoms with Crippen molar-refractivity contribution in [1.29, 1.82) is 0 Å². The van der Waals surface area contributed by atoms with E-state index in [9.17, 15) is 9.59 Å². The molecule has 4 N–H and O–H groups in total. The maximum Gasteiger partial charge on any atom is 0.317 e. The largest absolute Gasteiger partial charge is 0.391 e. The van der Waals surface area contributed by atoms with Gasteiger partial charge in [-0.3, -0.25) is 4.79 Å². The van der Waals surface area contributed by atoms with Crippen LogP contribution in [0.25, 0.3) is 0 Å². The van der Waals surface area contributed by atoms with Gasteiger partial charge in [-0.25, -0.2) is 9.78 Å². The average Bonchev–Trinajstić information content (AvgIpc) is 2.74. The van der Waals surface area contributed by atoms with Crippen LogP contribution in [-0.2, 0) is 0 Å². The number of amides is 2. The summed E-state index contributed by atoms with van der Waals surface area (Å²) in [6, 6.07) is 0.0956. The minimum atomic E-state index is -0.331. The molecule has 3 heterocycles. The molecule has 0 bridgehead atoms. The molecule has 18 heavy (non-hydrogen) atoms. The van der Waals surface area contributed by atoms with Gasteiger partial charge in [0, 0.05) is 26.2 Å². The predicted molar refractivity (Wildman–Crippen MR) is 65.4 cm³/mol. The average molecular weight is 250 g/mol. The second-order valence-electron chi connectivity index (χ2n) is 4.45. The van der Waals surface area contributed by atoms with E-state index in [2.05, 4.69) is 15.3 Å². The number of aromatic amines is 1. The van der Waals surface area contributed by atoms with Gasteiger partial charge >= 0.3 is 6.03 Å². The summed E-state index contributed by atoms with van der Waals surface area (Å²) < 4.78 is 0. The van der Waals surface area contributed by atoms with Crippen LogP contribution in [0.5, 0.6) is 0 Å². The van der Waals surface area contributed by atoms with Gasteiger partial charge in [-0.2, -0.15) is 0 Å². The summed E-state index contributed by atoms with van der Waals surface area (Å²) in [4.78, 5) is 33.2. The van der Waals surface area contributed by atoms with Crippen LogP contribution in [-0.4, -0.2) is 53.1 Å². The van der Waals surface area contributed by atoms with Crippen molar-refractivity contribution < 1.29 is 4.79 Å². The molecule has 96 valence electrons. The summed E-state index contributed by atoms with van der Waals surface area (Å²) >= 11 is 0. The molecule has 1 atom stereocenters. The fraction of sp³-hybridized carbons (Fsp3) is 0.500. The number of carbonyl (C=O) groups is 1. The molecule has 0 spiro atoms. The van der Waals surface area contributed by atoms with Crippen molar-refractivity contribution in [1.82, 2.24) is 20.2 Å². The van der Waals surface area contributed by atoms with Gasteiger partial charge in [-0.1, -0.05) is 0 Å². The zero-order valence-corrected chi connectivity index (χ0v) is 9.72. The molecule has 2 fully saturated rings. The molecule has 2 saturated heterocycles. The number of nitrogens with zero attached hydrogens (tertiary/aromatic N) is 3. The van der Waals surface area contributed by atoms with E-state index in [1.807, 2.05) is 4.90 Å². The second-order valence-corrected chi connectivity index (χ2v) is 4.45. The zero-order chi connectivity index (χ0) is 12.7. The van der Waals surface area contributed by atoms with Gasteiger partial charge in [0.2, 0.25) is 0 Å². The lowest BCUT2D eigenvalue weighted by molar-refractivity contribution is 0.197. The number of piperazine rings is 1. The van der Waals surface area contributed by atoms with Crippen LogP contribution >= 0.6 is 0 Å². The van der Waals surface area contributed by atoms with E-state index in [0.29, 0.717) is 32.0 Å². The van der Waals surface area contributed by atoms with Crippen molar-refractivity contribution in [2.24, 2.45) is 0 Å². The Hall–Kier alpha value is -2.25. The van der Waals surface area contributed by atoms with E-state index < -0.39 is 0 Å². The number of nitrogens with one attached hydrogen (secondary N) is 2. The van der Waals surface area contributed by atoms with Gasteiger partial charge in [0.25, 0.3) is 5.56 Å². The predicted octanol–water partition coefficient (Wildman–Crippen LogP) is -1.43. The first kappa shape index (κ1) is 10.9. The fourth-order valence-electron chi connectivity index (χ4n) is 2.45. The van der Waals surface area contributed by atoms with Crippen LogP contribution in [0, 0.1) is 0 Å². The number of carbonyl (C=O) groups excluding carboxylic acids is 1. The number of hydrogen-bond acceptors (Lipinski definition) is 5. The van der Waals surface area contributed by atoms with Crippen molar-refractivity contribution in [2.45, 2.75) is 6.04 Å². The lowest BCUT2D eigenvalue weighted by Gasteiger charge is -2.37. The van der Waals surface area contributed by atoms with Crippen LogP contribution in [0.1, 0.15) is 0 Å². The SMILES string of the molecule is Nc1c(N2CCN3C(=O)NCC3C2)nc[nH]c1=O. The van der Waals surface area contributed by atoms with Gasteiger partial charge in [-0.05, 0) is 0 Å². The summed E-state index contributed by atoms with van der Waals surface area (Å²) in [7, 11) is 0. The monoisotopic (exact) mass is 250 g/mol. The van der Waals surface area contributed by atoms with Gasteiger partial charge < -0.3 is 25.8 Å². The fourth-order valence-corrected chi connectivity index (χ4v) is 2.45. The van der Waals surface area contributed by atoms with Gasteiger partial charge in [-0.15, -0.1) is 0 Å². The summed E-state index contributed by atoms with van der Waals surface area (Å²) in [6.45, 7) is 2.51. The van der Waals surface area contributed by atoms with Crippen molar-refractivity contribution in [2.75, 3.05) is 36.8 Å². The Labute approximate surface area is 103 Å². The Bertz CT molecular complexity index is 541. The van der Waals surface area contributed by atoms with Crippen LogP contribution in [0.15, 0.2) is 11.1 Å². The minimum Gasteiger partial charge on any atom is -0.391 e. The third-order valence-corrected chi connectivity index (χ3v) is 3.40. The van der Waals surface area contributed by atoms with Crippen molar-refractivity contribution in [3.05, 3.63) is 16.7 Å². The number of urea groups is 1. The number of hydrogen-bond donors (Lipinski definition) is 3. The van der Waals surface area contributed by atoms with Gasteiger partial charge in [0.05, 0.1) is 12.4 Å². The standard InChI is InChI=1S/C10H14N6O2/c11-7-8(13-5-14-9(7)17)15-1-2-16-6(4-15)3-12-10(16)18/h5-6H,1-4,11H2,(H,12,18)(H,13,14,17). The zero-order valence-electron chi connectivity index (χ0n) is 9.72. The molecule has 8 heteroatoms. The number of fused-ring (bicyclic) bond motifs is 1. The summed E-state index contributed by atoms with van der Waals surface area (Å²) in [6.07, 6.45) is 1.35. The molecule has 3 rings (SSSR count). The Morgan fingerprint density at radius 2 is 2.22 bits per heavy atom. The normalized spacial score (nSPS) is 22.9. The lowest BCUT2D eigenvalue weighted by atomic mass is 10.2. The van der Waals surface area contributed by atoms with E-state index in [1.165, 1.54) is 6.33 Å². The highest BCUT2D eigenvalue weighted by Gasteiger charge is 2.36. The molecule has 0 radical (unpaired) electrons. The van der Waals surface area contributed by atoms with Crippen LogP contribution in [0.3, 0.4) is 0 Å². The van der Waals surface area contributed by atoms with Crippen LogP contribution in [0.2, 0.25) is 0 Å². The molecule has 1 aromatic rings. The number of nitrogen functional groups attached to an aromatic ring is 1. The second kappa shape index (κ2) is 3.90. The molecule has 2 amide bonds. The van der Waals surface area contributed by atoms with E-state index in [-0.39, 0.29) is 23.3 Å². The van der Waals surface area contributed by atoms with Crippen LogP contribution in [0.4, 0.5) is 16.3 Å². The lowest BCUT2D eigenvalue weighted by Crippen LogP contribution is -2.52. The third-order valence-electron chi connectivity index (χ3n) is 3.40. The van der Waals surface area contributed by atoms with E-state index in [1.54, 1.807) is 4.90 Å². The van der Waals surface area contributed by atoms with Crippen LogP contribution < -0.4 is 21.5 Å². The molecular formula is C10H14N6O2. The highest BCUT2D eigenvalue weighted by molar-refractivity contribution is 5.77. The number of nitrogens with two attached hydrogens (primary N) is 1. The number of rotatable bonds is 1. The number of H-pyrrole nitrogens is 1. The Kier molecular flexibility index (Phi) is 2.35. The molecule has 0 aromatic carbocycles.